The highest BCUT2D eigenvalue weighted by Crippen LogP contribution is 2.34. The van der Waals surface area contributed by atoms with Crippen LogP contribution in [0.25, 0.3) is 16.9 Å². The highest BCUT2D eigenvalue weighted by molar-refractivity contribution is 7.14. The van der Waals surface area contributed by atoms with E-state index in [4.69, 9.17) is 0 Å². The molecule has 0 aliphatic heterocycles. The van der Waals surface area contributed by atoms with Gasteiger partial charge >= 0.3 is 0 Å². The molecule has 128 valence electrons. The summed E-state index contributed by atoms with van der Waals surface area (Å²) >= 11 is 1.44. The van der Waals surface area contributed by atoms with E-state index in [0.29, 0.717) is 11.6 Å². The average Bonchev–Trinajstić information content (AvgIpc) is 3.11. The van der Waals surface area contributed by atoms with Crippen molar-refractivity contribution in [3.05, 3.63) is 36.0 Å². The number of benzene rings is 1. The van der Waals surface area contributed by atoms with E-state index in [1.807, 2.05) is 29.6 Å². The second kappa shape index (κ2) is 7.10. The van der Waals surface area contributed by atoms with Crippen LogP contribution in [0.3, 0.4) is 0 Å². The minimum absolute atomic E-state index is 0.0454. The molecular formula is C17H18N6OS. The summed E-state index contributed by atoms with van der Waals surface area (Å²) in [6, 6.07) is 7.80. The predicted molar refractivity (Wildman–Crippen MR) is 95.5 cm³/mol. The van der Waals surface area contributed by atoms with Crippen molar-refractivity contribution in [2.45, 2.75) is 32.1 Å². The molecule has 8 heteroatoms. The first-order chi connectivity index (χ1) is 12.3. The van der Waals surface area contributed by atoms with Crippen LogP contribution in [-0.2, 0) is 4.79 Å². The third kappa shape index (κ3) is 4.08. The third-order valence-corrected chi connectivity index (χ3v) is 4.98. The van der Waals surface area contributed by atoms with Gasteiger partial charge in [0.15, 0.2) is 5.13 Å². The molecule has 3 aromatic rings. The number of tetrazole rings is 1. The Morgan fingerprint density at radius 3 is 3.08 bits per heavy atom. The minimum Gasteiger partial charge on any atom is -0.302 e. The summed E-state index contributed by atoms with van der Waals surface area (Å²) in [6.07, 6.45) is 6.92. The lowest BCUT2D eigenvalue weighted by atomic mass is 10.1. The van der Waals surface area contributed by atoms with E-state index in [2.05, 4.69) is 25.8 Å². The van der Waals surface area contributed by atoms with Crippen LogP contribution in [0.15, 0.2) is 36.0 Å². The maximum Gasteiger partial charge on any atom is 0.226 e. The molecule has 4 rings (SSSR count). The molecule has 25 heavy (non-hydrogen) atoms. The lowest BCUT2D eigenvalue weighted by Crippen LogP contribution is -2.10. The van der Waals surface area contributed by atoms with Crippen LogP contribution in [-0.4, -0.2) is 31.1 Å². The fourth-order valence-electron chi connectivity index (χ4n) is 2.69. The van der Waals surface area contributed by atoms with Gasteiger partial charge in [0, 0.05) is 17.4 Å². The molecular weight excluding hydrogens is 336 g/mol. The number of hydrogen-bond donors (Lipinski definition) is 1. The van der Waals surface area contributed by atoms with Crippen molar-refractivity contribution in [1.82, 2.24) is 25.2 Å². The summed E-state index contributed by atoms with van der Waals surface area (Å²) in [7, 11) is 0. The molecule has 0 atom stereocenters. The fraction of sp³-hybridized carbons (Fsp3) is 0.353. The lowest BCUT2D eigenvalue weighted by Gasteiger charge is -2.02. The number of nitrogens with one attached hydrogen (secondary N) is 1. The molecule has 0 unspecified atom stereocenters. The van der Waals surface area contributed by atoms with E-state index in [1.165, 1.54) is 30.6 Å². The van der Waals surface area contributed by atoms with E-state index < -0.39 is 0 Å². The molecule has 7 nitrogen and oxygen atoms in total. The number of amides is 1. The molecule has 0 bridgehead atoms. The monoisotopic (exact) mass is 354 g/mol. The number of carbonyl (C=O) groups excluding carboxylic acids is 1. The highest BCUT2D eigenvalue weighted by atomic mass is 32.1. The first-order valence-electron chi connectivity index (χ1n) is 8.37. The maximum absolute atomic E-state index is 12.0. The van der Waals surface area contributed by atoms with Crippen molar-refractivity contribution < 1.29 is 4.79 Å². The Hall–Kier alpha value is -2.61. The molecule has 1 N–H and O–H groups in total. The Kier molecular flexibility index (Phi) is 4.51. The van der Waals surface area contributed by atoms with Crippen LogP contribution < -0.4 is 5.32 Å². The van der Waals surface area contributed by atoms with Gasteiger partial charge in [0.2, 0.25) is 5.91 Å². The first kappa shape index (κ1) is 15.9. The summed E-state index contributed by atoms with van der Waals surface area (Å²) in [4.78, 5) is 16.5. The van der Waals surface area contributed by atoms with Crippen molar-refractivity contribution >= 4 is 22.4 Å². The average molecular weight is 354 g/mol. The van der Waals surface area contributed by atoms with E-state index in [9.17, 15) is 4.79 Å². The molecule has 1 amide bonds. The van der Waals surface area contributed by atoms with Gasteiger partial charge in [-0.15, -0.1) is 16.4 Å². The Labute approximate surface area is 149 Å². The van der Waals surface area contributed by atoms with Crippen LogP contribution in [0.1, 0.15) is 32.1 Å². The Balaban J connectivity index is 1.40. The SMILES string of the molecule is O=C(CCCC1CC1)Nc1nc(-c2cccc(-n3cnnn3)c2)cs1. The summed E-state index contributed by atoms with van der Waals surface area (Å²) in [6.45, 7) is 0. The van der Waals surface area contributed by atoms with Crippen LogP contribution in [0, 0.1) is 5.92 Å². The van der Waals surface area contributed by atoms with E-state index in [-0.39, 0.29) is 5.91 Å². The van der Waals surface area contributed by atoms with Crippen LogP contribution in [0.4, 0.5) is 5.13 Å². The van der Waals surface area contributed by atoms with E-state index in [1.54, 1.807) is 11.0 Å². The Bertz CT molecular complexity index is 856. The summed E-state index contributed by atoms with van der Waals surface area (Å²) in [5.74, 6) is 0.913. The highest BCUT2D eigenvalue weighted by Gasteiger charge is 2.20. The lowest BCUT2D eigenvalue weighted by molar-refractivity contribution is -0.116. The number of anilines is 1. The number of carbonyl (C=O) groups is 1. The predicted octanol–water partition coefficient (Wildman–Crippen LogP) is 3.30. The minimum atomic E-state index is 0.0454. The Morgan fingerprint density at radius 2 is 2.28 bits per heavy atom. The number of aromatic nitrogens is 5. The van der Waals surface area contributed by atoms with Gasteiger partial charge in [-0.3, -0.25) is 4.79 Å². The van der Waals surface area contributed by atoms with Gasteiger partial charge in [0.25, 0.3) is 0 Å². The van der Waals surface area contributed by atoms with Gasteiger partial charge in [-0.2, -0.15) is 0 Å². The second-order valence-electron chi connectivity index (χ2n) is 6.23. The first-order valence-corrected chi connectivity index (χ1v) is 9.25. The van der Waals surface area contributed by atoms with E-state index >= 15 is 0 Å². The molecule has 1 saturated carbocycles. The maximum atomic E-state index is 12.0. The normalized spacial score (nSPS) is 13.8. The molecule has 1 aliphatic rings. The van der Waals surface area contributed by atoms with Gasteiger partial charge in [-0.25, -0.2) is 9.67 Å². The zero-order chi connectivity index (χ0) is 17.1. The van der Waals surface area contributed by atoms with Crippen molar-refractivity contribution in [3.8, 4) is 16.9 Å². The van der Waals surface area contributed by atoms with Gasteiger partial charge in [0.1, 0.15) is 6.33 Å². The van der Waals surface area contributed by atoms with E-state index in [0.717, 1.165) is 29.3 Å². The van der Waals surface area contributed by atoms with Crippen molar-refractivity contribution in [1.29, 1.82) is 0 Å². The van der Waals surface area contributed by atoms with Gasteiger partial charge in [-0.1, -0.05) is 25.0 Å². The number of thiazole rings is 1. The topological polar surface area (TPSA) is 85.6 Å². The van der Waals surface area contributed by atoms with Crippen molar-refractivity contribution in [3.63, 3.8) is 0 Å². The van der Waals surface area contributed by atoms with Crippen LogP contribution >= 0.6 is 11.3 Å². The Morgan fingerprint density at radius 1 is 1.36 bits per heavy atom. The molecule has 2 aromatic heterocycles. The molecule has 1 aliphatic carbocycles. The van der Waals surface area contributed by atoms with Gasteiger partial charge < -0.3 is 5.32 Å². The zero-order valence-electron chi connectivity index (χ0n) is 13.6. The molecule has 0 saturated heterocycles. The van der Waals surface area contributed by atoms with Crippen LogP contribution in [0.5, 0.6) is 0 Å². The van der Waals surface area contributed by atoms with Crippen molar-refractivity contribution in [2.75, 3.05) is 5.32 Å². The summed E-state index contributed by atoms with van der Waals surface area (Å²) in [5.41, 5.74) is 2.65. The molecule has 0 radical (unpaired) electrons. The van der Waals surface area contributed by atoms with Gasteiger partial charge in [0.05, 0.1) is 11.4 Å². The number of nitrogens with zero attached hydrogens (tertiary/aromatic N) is 5. The third-order valence-electron chi connectivity index (χ3n) is 4.22. The van der Waals surface area contributed by atoms with Crippen LogP contribution in [0.2, 0.25) is 0 Å². The summed E-state index contributed by atoms with van der Waals surface area (Å²) in [5, 5.41) is 16.7. The zero-order valence-corrected chi connectivity index (χ0v) is 14.4. The number of rotatable bonds is 7. The largest absolute Gasteiger partial charge is 0.302 e. The smallest absolute Gasteiger partial charge is 0.226 e. The van der Waals surface area contributed by atoms with Gasteiger partial charge in [-0.05, 0) is 41.3 Å². The molecule has 1 aromatic carbocycles. The second-order valence-corrected chi connectivity index (χ2v) is 7.08. The fourth-order valence-corrected chi connectivity index (χ4v) is 3.43. The number of hydrogen-bond acceptors (Lipinski definition) is 6. The standard InChI is InChI=1S/C17H18N6OS/c24-16(6-1-3-12-7-8-12)20-17-19-15(10-25-17)13-4-2-5-14(9-13)23-11-18-21-22-23/h2,4-5,9-12H,1,3,6-8H2,(H,19,20,24). The molecule has 1 fully saturated rings. The van der Waals surface area contributed by atoms with Crippen molar-refractivity contribution in [2.24, 2.45) is 5.92 Å². The quantitative estimate of drug-likeness (QED) is 0.703. The molecule has 0 spiro atoms. The summed E-state index contributed by atoms with van der Waals surface area (Å²) < 4.78 is 1.60. The molecule has 2 heterocycles.